The predicted octanol–water partition coefficient (Wildman–Crippen LogP) is 1.07. The Hall–Kier alpha value is -2.85. The lowest BCUT2D eigenvalue weighted by molar-refractivity contribution is -0.126. The standard InChI is InChI=1S/C19H23N5O2S.CH2O2/c1-13-21-22-19(27-13)24-12-16(10-17(24)25)18(26)20-7-9-23-8-6-14-4-2-3-5-15(14)11-23;2-1-3/h2-5,16H,6-12H2,1H3,(H,20,26);1H,(H,2,3). The fourth-order valence-electron chi connectivity index (χ4n) is 3.69. The van der Waals surface area contributed by atoms with Gasteiger partial charge in [-0.25, -0.2) is 0 Å². The molecule has 10 heteroatoms. The fraction of sp³-hybridized carbons (Fsp3) is 0.450. The lowest BCUT2D eigenvalue weighted by Crippen LogP contribution is -2.40. The summed E-state index contributed by atoms with van der Waals surface area (Å²) in [4.78, 5) is 37.0. The zero-order valence-electron chi connectivity index (χ0n) is 16.8. The van der Waals surface area contributed by atoms with Crippen molar-refractivity contribution in [3.8, 4) is 0 Å². The highest BCUT2D eigenvalue weighted by Gasteiger charge is 2.36. The lowest BCUT2D eigenvalue weighted by Gasteiger charge is -2.28. The van der Waals surface area contributed by atoms with Crippen LogP contribution in [0.25, 0.3) is 0 Å². The first-order chi connectivity index (χ1) is 14.5. The molecule has 30 heavy (non-hydrogen) atoms. The molecule has 2 aromatic rings. The fourth-order valence-corrected chi connectivity index (χ4v) is 4.40. The molecule has 1 atom stereocenters. The Balaban J connectivity index is 0.000000806. The van der Waals surface area contributed by atoms with Crippen LogP contribution in [0.3, 0.4) is 0 Å². The number of aryl methyl sites for hydroxylation is 1. The van der Waals surface area contributed by atoms with Gasteiger partial charge in [-0.2, -0.15) is 0 Å². The monoisotopic (exact) mass is 431 g/mol. The van der Waals surface area contributed by atoms with Gasteiger partial charge in [0, 0.05) is 39.1 Å². The second-order valence-corrected chi connectivity index (χ2v) is 8.36. The Kier molecular flexibility index (Phi) is 7.47. The van der Waals surface area contributed by atoms with Crippen LogP contribution in [0.4, 0.5) is 5.13 Å². The summed E-state index contributed by atoms with van der Waals surface area (Å²) in [5, 5.41) is 19.3. The smallest absolute Gasteiger partial charge is 0.290 e. The third-order valence-electron chi connectivity index (χ3n) is 5.18. The van der Waals surface area contributed by atoms with E-state index < -0.39 is 0 Å². The highest BCUT2D eigenvalue weighted by molar-refractivity contribution is 7.15. The molecule has 1 fully saturated rings. The van der Waals surface area contributed by atoms with Gasteiger partial charge in [0.1, 0.15) is 5.01 Å². The molecule has 4 rings (SSSR count). The van der Waals surface area contributed by atoms with E-state index in [2.05, 4.69) is 44.7 Å². The molecule has 1 aromatic carbocycles. The highest BCUT2D eigenvalue weighted by Crippen LogP contribution is 2.27. The Labute approximate surface area is 178 Å². The minimum Gasteiger partial charge on any atom is -0.483 e. The summed E-state index contributed by atoms with van der Waals surface area (Å²) in [6.07, 6.45) is 1.29. The Morgan fingerprint density at radius 3 is 2.77 bits per heavy atom. The number of hydrogen-bond donors (Lipinski definition) is 2. The van der Waals surface area contributed by atoms with Gasteiger partial charge in [-0.1, -0.05) is 35.6 Å². The van der Waals surface area contributed by atoms with E-state index in [1.54, 1.807) is 4.90 Å². The second kappa shape index (κ2) is 10.3. The van der Waals surface area contributed by atoms with Gasteiger partial charge >= 0.3 is 0 Å². The van der Waals surface area contributed by atoms with E-state index in [9.17, 15) is 9.59 Å². The predicted molar refractivity (Wildman–Crippen MR) is 112 cm³/mol. The second-order valence-electron chi connectivity index (χ2n) is 7.20. The Bertz CT molecular complexity index is 903. The Morgan fingerprint density at radius 2 is 2.07 bits per heavy atom. The number of nitrogens with zero attached hydrogens (tertiary/aromatic N) is 4. The molecule has 1 aromatic heterocycles. The molecule has 0 bridgehead atoms. The normalized spacial score (nSPS) is 18.4. The van der Waals surface area contributed by atoms with Crippen molar-refractivity contribution in [3.63, 3.8) is 0 Å². The molecule has 2 N–H and O–H groups in total. The lowest BCUT2D eigenvalue weighted by atomic mass is 10.00. The van der Waals surface area contributed by atoms with Crippen LogP contribution in [0.15, 0.2) is 24.3 Å². The van der Waals surface area contributed by atoms with Gasteiger partial charge in [0.2, 0.25) is 16.9 Å². The quantitative estimate of drug-likeness (QED) is 0.681. The average Bonchev–Trinajstić information content (AvgIpc) is 3.34. The summed E-state index contributed by atoms with van der Waals surface area (Å²) in [7, 11) is 0. The molecule has 3 heterocycles. The number of fused-ring (bicyclic) bond motifs is 1. The maximum Gasteiger partial charge on any atom is 0.290 e. The molecule has 1 saturated heterocycles. The number of carbonyl (C=O) groups is 3. The molecule has 2 aliphatic heterocycles. The van der Waals surface area contributed by atoms with E-state index in [-0.39, 0.29) is 30.6 Å². The maximum atomic E-state index is 12.5. The Morgan fingerprint density at radius 1 is 1.33 bits per heavy atom. The van der Waals surface area contributed by atoms with Crippen LogP contribution in [0, 0.1) is 12.8 Å². The first kappa shape index (κ1) is 21.8. The van der Waals surface area contributed by atoms with Crippen LogP contribution in [-0.2, 0) is 27.3 Å². The summed E-state index contributed by atoms with van der Waals surface area (Å²) in [5.74, 6) is -0.424. The topological polar surface area (TPSA) is 116 Å². The molecule has 0 spiro atoms. The van der Waals surface area contributed by atoms with Crippen molar-refractivity contribution in [2.45, 2.75) is 26.3 Å². The largest absolute Gasteiger partial charge is 0.483 e. The number of benzene rings is 1. The number of carboxylic acid groups (broad SMARTS) is 1. The maximum absolute atomic E-state index is 12.5. The third-order valence-corrected chi connectivity index (χ3v) is 6.04. The van der Waals surface area contributed by atoms with Crippen molar-refractivity contribution in [1.82, 2.24) is 20.4 Å². The van der Waals surface area contributed by atoms with Gasteiger partial charge in [0.05, 0.1) is 5.92 Å². The molecule has 0 aliphatic carbocycles. The summed E-state index contributed by atoms with van der Waals surface area (Å²) in [5.41, 5.74) is 2.80. The van der Waals surface area contributed by atoms with Crippen molar-refractivity contribution in [2.75, 3.05) is 31.1 Å². The van der Waals surface area contributed by atoms with Crippen LogP contribution in [0.5, 0.6) is 0 Å². The summed E-state index contributed by atoms with van der Waals surface area (Å²) >= 11 is 1.38. The van der Waals surface area contributed by atoms with Gasteiger partial charge in [-0.3, -0.25) is 24.2 Å². The van der Waals surface area contributed by atoms with E-state index >= 15 is 0 Å². The molecule has 1 unspecified atom stereocenters. The highest BCUT2D eigenvalue weighted by atomic mass is 32.1. The van der Waals surface area contributed by atoms with Gasteiger partial charge < -0.3 is 10.4 Å². The van der Waals surface area contributed by atoms with Crippen molar-refractivity contribution in [2.24, 2.45) is 5.92 Å². The molecular weight excluding hydrogens is 406 g/mol. The molecule has 0 saturated carbocycles. The number of anilines is 1. The zero-order chi connectivity index (χ0) is 21.5. The number of nitrogens with one attached hydrogen (secondary N) is 1. The first-order valence-electron chi connectivity index (χ1n) is 9.77. The molecule has 0 radical (unpaired) electrons. The van der Waals surface area contributed by atoms with E-state index in [0.29, 0.717) is 18.2 Å². The minimum atomic E-state index is -0.316. The third kappa shape index (κ3) is 5.39. The van der Waals surface area contributed by atoms with Gasteiger partial charge in [0.25, 0.3) is 6.47 Å². The van der Waals surface area contributed by atoms with Gasteiger partial charge in [-0.05, 0) is 24.5 Å². The molecule has 9 nitrogen and oxygen atoms in total. The van der Waals surface area contributed by atoms with E-state index in [0.717, 1.165) is 31.1 Å². The van der Waals surface area contributed by atoms with E-state index in [1.165, 1.54) is 22.5 Å². The van der Waals surface area contributed by atoms with Crippen molar-refractivity contribution >= 4 is 34.8 Å². The summed E-state index contributed by atoms with van der Waals surface area (Å²) in [6, 6.07) is 8.53. The van der Waals surface area contributed by atoms with Gasteiger partial charge in [-0.15, -0.1) is 10.2 Å². The molecular formula is C20H25N5O4S. The van der Waals surface area contributed by atoms with Crippen LogP contribution < -0.4 is 10.2 Å². The van der Waals surface area contributed by atoms with Crippen LogP contribution in [0.1, 0.15) is 22.6 Å². The van der Waals surface area contributed by atoms with Crippen molar-refractivity contribution in [3.05, 3.63) is 40.4 Å². The van der Waals surface area contributed by atoms with E-state index in [1.807, 2.05) is 6.92 Å². The number of hydrogen-bond acceptors (Lipinski definition) is 7. The molecule has 2 aliphatic rings. The number of aromatic nitrogens is 2. The van der Waals surface area contributed by atoms with Gasteiger partial charge in [0.15, 0.2) is 0 Å². The summed E-state index contributed by atoms with van der Waals surface area (Å²) in [6.45, 7) is 5.35. The average molecular weight is 432 g/mol. The molecule has 2 amide bonds. The SMILES string of the molecule is Cc1nnc(N2CC(C(=O)NCCN3CCc4ccccc4C3)CC2=O)s1.O=CO. The van der Waals surface area contributed by atoms with E-state index in [4.69, 9.17) is 9.90 Å². The van der Waals surface area contributed by atoms with Crippen LogP contribution in [0.2, 0.25) is 0 Å². The number of amides is 2. The minimum absolute atomic E-state index is 0.0514. The molecule has 160 valence electrons. The number of rotatable bonds is 5. The first-order valence-corrected chi connectivity index (χ1v) is 10.6. The summed E-state index contributed by atoms with van der Waals surface area (Å²) < 4.78 is 0. The van der Waals surface area contributed by atoms with Crippen molar-refractivity contribution in [1.29, 1.82) is 0 Å². The van der Waals surface area contributed by atoms with Crippen LogP contribution >= 0.6 is 11.3 Å². The zero-order valence-corrected chi connectivity index (χ0v) is 17.6. The van der Waals surface area contributed by atoms with Crippen molar-refractivity contribution < 1.29 is 19.5 Å². The number of carbonyl (C=O) groups excluding carboxylic acids is 2. The van der Waals surface area contributed by atoms with Crippen LogP contribution in [-0.4, -0.2) is 64.7 Å².